The lowest BCUT2D eigenvalue weighted by Gasteiger charge is -2.16. The Bertz CT molecular complexity index is 510. The number of aryl methyl sites for hydroxylation is 2. The molecule has 1 unspecified atom stereocenters. The Morgan fingerprint density at radius 1 is 1.33 bits per heavy atom. The highest BCUT2D eigenvalue weighted by Crippen LogP contribution is 2.29. The predicted octanol–water partition coefficient (Wildman–Crippen LogP) is 4.14. The van der Waals surface area contributed by atoms with Crippen LogP contribution in [0.5, 0.6) is 0 Å². The maximum absolute atomic E-state index is 6.11. The summed E-state index contributed by atoms with van der Waals surface area (Å²) in [6, 6.07) is 10.4. The molecule has 96 valence electrons. The summed E-state index contributed by atoms with van der Waals surface area (Å²) >= 11 is 9.71. The Kier molecular flexibility index (Phi) is 4.84. The van der Waals surface area contributed by atoms with Crippen LogP contribution in [0.4, 0.5) is 0 Å². The minimum absolute atomic E-state index is 0.372. The van der Waals surface area contributed by atoms with Crippen molar-refractivity contribution in [3.8, 4) is 0 Å². The lowest BCUT2D eigenvalue weighted by atomic mass is 9.95. The second-order valence-corrected chi connectivity index (χ2v) is 5.52. The Morgan fingerprint density at radius 3 is 2.72 bits per heavy atom. The summed E-state index contributed by atoms with van der Waals surface area (Å²) < 4.78 is 3.06. The second kappa shape index (κ2) is 6.39. The largest absolute Gasteiger partial charge is 0.273 e. The van der Waals surface area contributed by atoms with Gasteiger partial charge in [0.2, 0.25) is 0 Å². The number of nitrogens with zero attached hydrogens (tertiary/aromatic N) is 2. The molecule has 0 aliphatic heterocycles. The third-order valence-corrected chi connectivity index (χ3v) is 4.30. The molecule has 1 heterocycles. The van der Waals surface area contributed by atoms with E-state index in [2.05, 4.69) is 45.3 Å². The van der Waals surface area contributed by atoms with Gasteiger partial charge in [0, 0.05) is 29.3 Å². The highest BCUT2D eigenvalue weighted by atomic mass is 79.9. The van der Waals surface area contributed by atoms with Crippen molar-refractivity contribution in [2.75, 3.05) is 5.88 Å². The highest BCUT2D eigenvalue weighted by molar-refractivity contribution is 9.10. The van der Waals surface area contributed by atoms with Gasteiger partial charge in [-0.15, -0.1) is 11.6 Å². The zero-order valence-corrected chi connectivity index (χ0v) is 12.7. The van der Waals surface area contributed by atoms with E-state index in [1.54, 1.807) is 0 Å². The van der Waals surface area contributed by atoms with E-state index < -0.39 is 0 Å². The standard InChI is InChI=1S/C14H16BrClN2/c1-18-12(8-9-17-18)7-6-11(10-16)13-4-2-3-5-14(13)15/h2-5,8-9,11H,6-7,10H2,1H3. The van der Waals surface area contributed by atoms with Gasteiger partial charge >= 0.3 is 0 Å². The normalized spacial score (nSPS) is 12.6. The Hall–Kier alpha value is -0.800. The van der Waals surface area contributed by atoms with E-state index in [1.807, 2.05) is 24.0 Å². The summed E-state index contributed by atoms with van der Waals surface area (Å²) in [6.45, 7) is 0. The molecule has 4 heteroatoms. The first kappa shape index (κ1) is 13.6. The number of alkyl halides is 1. The van der Waals surface area contributed by atoms with Crippen LogP contribution in [0.3, 0.4) is 0 Å². The zero-order valence-electron chi connectivity index (χ0n) is 10.3. The molecule has 0 aliphatic carbocycles. The Balaban J connectivity index is 2.07. The maximum atomic E-state index is 6.11. The van der Waals surface area contributed by atoms with Crippen LogP contribution in [0.25, 0.3) is 0 Å². The van der Waals surface area contributed by atoms with Crippen LogP contribution in [0, 0.1) is 0 Å². The summed E-state index contributed by atoms with van der Waals surface area (Å²) in [5, 5.41) is 4.19. The molecule has 0 spiro atoms. The summed E-state index contributed by atoms with van der Waals surface area (Å²) in [7, 11) is 1.98. The lowest BCUT2D eigenvalue weighted by molar-refractivity contribution is 0.633. The highest BCUT2D eigenvalue weighted by Gasteiger charge is 2.14. The van der Waals surface area contributed by atoms with Gasteiger partial charge < -0.3 is 0 Å². The van der Waals surface area contributed by atoms with Crippen molar-refractivity contribution >= 4 is 27.5 Å². The topological polar surface area (TPSA) is 17.8 Å². The van der Waals surface area contributed by atoms with Gasteiger partial charge in [0.25, 0.3) is 0 Å². The fourth-order valence-electron chi connectivity index (χ4n) is 2.09. The molecule has 1 atom stereocenters. The fourth-order valence-corrected chi connectivity index (χ4v) is 3.02. The molecule has 0 N–H and O–H groups in total. The van der Waals surface area contributed by atoms with Crippen LogP contribution in [-0.4, -0.2) is 15.7 Å². The van der Waals surface area contributed by atoms with Gasteiger partial charge in [-0.25, -0.2) is 0 Å². The molecule has 1 aromatic heterocycles. The summed E-state index contributed by atoms with van der Waals surface area (Å²) in [4.78, 5) is 0. The quantitative estimate of drug-likeness (QED) is 0.755. The van der Waals surface area contributed by atoms with Gasteiger partial charge in [-0.1, -0.05) is 34.1 Å². The first-order valence-corrected chi connectivity index (χ1v) is 7.32. The van der Waals surface area contributed by atoms with Crippen LogP contribution in [0.1, 0.15) is 23.6 Å². The van der Waals surface area contributed by atoms with Gasteiger partial charge in [0.05, 0.1) is 0 Å². The number of hydrogen-bond donors (Lipinski definition) is 0. The van der Waals surface area contributed by atoms with E-state index in [1.165, 1.54) is 11.3 Å². The molecule has 0 aliphatic rings. The Labute approximate surface area is 121 Å². The molecule has 0 saturated heterocycles. The van der Waals surface area contributed by atoms with Crippen LogP contribution in [0.2, 0.25) is 0 Å². The van der Waals surface area contributed by atoms with Gasteiger partial charge in [-0.2, -0.15) is 5.10 Å². The first-order valence-electron chi connectivity index (χ1n) is 5.99. The molecule has 18 heavy (non-hydrogen) atoms. The minimum Gasteiger partial charge on any atom is -0.273 e. The molecule has 1 aromatic carbocycles. The minimum atomic E-state index is 0.372. The van der Waals surface area contributed by atoms with Crippen LogP contribution in [-0.2, 0) is 13.5 Å². The monoisotopic (exact) mass is 326 g/mol. The number of halogens is 2. The average Bonchev–Trinajstić information content (AvgIpc) is 2.78. The predicted molar refractivity (Wildman–Crippen MR) is 79.1 cm³/mol. The van der Waals surface area contributed by atoms with Crippen LogP contribution >= 0.6 is 27.5 Å². The van der Waals surface area contributed by atoms with Crippen molar-refractivity contribution in [3.05, 3.63) is 52.3 Å². The summed E-state index contributed by atoms with van der Waals surface area (Å²) in [6.07, 6.45) is 3.87. The molecule has 2 nitrogen and oxygen atoms in total. The maximum Gasteiger partial charge on any atom is 0.0492 e. The molecule has 0 saturated carbocycles. The smallest absolute Gasteiger partial charge is 0.0492 e. The molecule has 2 aromatic rings. The van der Waals surface area contributed by atoms with Crippen molar-refractivity contribution in [2.24, 2.45) is 7.05 Å². The van der Waals surface area contributed by atoms with Crippen molar-refractivity contribution in [1.29, 1.82) is 0 Å². The van der Waals surface area contributed by atoms with E-state index in [9.17, 15) is 0 Å². The van der Waals surface area contributed by atoms with Crippen molar-refractivity contribution in [1.82, 2.24) is 9.78 Å². The molecule has 2 rings (SSSR count). The van der Waals surface area contributed by atoms with E-state index in [4.69, 9.17) is 11.6 Å². The van der Waals surface area contributed by atoms with Crippen LogP contribution < -0.4 is 0 Å². The third-order valence-electron chi connectivity index (χ3n) is 3.20. The average molecular weight is 328 g/mol. The summed E-state index contributed by atoms with van der Waals surface area (Å²) in [5.74, 6) is 1.01. The van der Waals surface area contributed by atoms with Crippen LogP contribution in [0.15, 0.2) is 41.0 Å². The first-order chi connectivity index (χ1) is 8.72. The molecular formula is C14H16BrClN2. The lowest BCUT2D eigenvalue weighted by Crippen LogP contribution is -2.06. The molecular weight excluding hydrogens is 312 g/mol. The van der Waals surface area contributed by atoms with Gasteiger partial charge in [0.15, 0.2) is 0 Å². The van der Waals surface area contributed by atoms with Gasteiger partial charge in [-0.05, 0) is 36.5 Å². The number of hydrogen-bond acceptors (Lipinski definition) is 1. The number of aromatic nitrogens is 2. The Morgan fingerprint density at radius 2 is 2.11 bits per heavy atom. The second-order valence-electron chi connectivity index (χ2n) is 4.36. The van der Waals surface area contributed by atoms with E-state index in [0.29, 0.717) is 11.8 Å². The molecule has 0 amide bonds. The zero-order chi connectivity index (χ0) is 13.0. The SMILES string of the molecule is Cn1nccc1CCC(CCl)c1ccccc1Br. The van der Waals surface area contributed by atoms with Crippen molar-refractivity contribution in [2.45, 2.75) is 18.8 Å². The number of rotatable bonds is 5. The van der Waals surface area contributed by atoms with Crippen molar-refractivity contribution in [3.63, 3.8) is 0 Å². The van der Waals surface area contributed by atoms with E-state index >= 15 is 0 Å². The third kappa shape index (κ3) is 3.15. The molecule has 0 fully saturated rings. The van der Waals surface area contributed by atoms with Gasteiger partial charge in [-0.3, -0.25) is 4.68 Å². The van der Waals surface area contributed by atoms with Crippen molar-refractivity contribution < 1.29 is 0 Å². The van der Waals surface area contributed by atoms with Gasteiger partial charge in [0.1, 0.15) is 0 Å². The number of benzene rings is 1. The fraction of sp³-hybridized carbons (Fsp3) is 0.357. The molecule has 0 bridgehead atoms. The molecule has 0 radical (unpaired) electrons. The van der Waals surface area contributed by atoms with E-state index in [-0.39, 0.29) is 0 Å². The summed E-state index contributed by atoms with van der Waals surface area (Å²) in [5.41, 5.74) is 2.53. The van der Waals surface area contributed by atoms with E-state index in [0.717, 1.165) is 17.3 Å².